The molecular formula is C26H33N5O3. The predicted octanol–water partition coefficient (Wildman–Crippen LogP) is 3.50. The van der Waals surface area contributed by atoms with Crippen molar-refractivity contribution in [3.63, 3.8) is 0 Å². The summed E-state index contributed by atoms with van der Waals surface area (Å²) in [7, 11) is 3.32. The van der Waals surface area contributed by atoms with Gasteiger partial charge in [0.25, 0.3) is 0 Å². The minimum atomic E-state index is -0.523. The molecule has 0 radical (unpaired) electrons. The molecular weight excluding hydrogens is 430 g/mol. The maximum Gasteiger partial charge on any atom is 0.312 e. The molecule has 0 aromatic heterocycles. The van der Waals surface area contributed by atoms with Gasteiger partial charge in [-0.15, -0.1) is 0 Å². The van der Waals surface area contributed by atoms with E-state index in [1.165, 1.54) is 11.1 Å². The molecule has 0 atom stereocenters. The predicted molar refractivity (Wildman–Crippen MR) is 135 cm³/mol. The Balaban J connectivity index is 1.80. The second-order valence-electron chi connectivity index (χ2n) is 8.82. The van der Waals surface area contributed by atoms with E-state index in [9.17, 15) is 4.79 Å². The van der Waals surface area contributed by atoms with Crippen LogP contribution in [0.4, 0.5) is 10.5 Å². The topological polar surface area (TPSA) is 92.4 Å². The number of nitrogens with zero attached hydrogens (tertiary/aromatic N) is 3. The molecule has 2 heterocycles. The number of hydrogen-bond acceptors (Lipinski definition) is 5. The largest absolute Gasteiger partial charge is 0.493 e. The lowest BCUT2D eigenvalue weighted by Gasteiger charge is -2.42. The smallest absolute Gasteiger partial charge is 0.312 e. The van der Waals surface area contributed by atoms with Gasteiger partial charge in [-0.2, -0.15) is 0 Å². The van der Waals surface area contributed by atoms with Crippen LogP contribution in [0, 0.1) is 20.8 Å². The summed E-state index contributed by atoms with van der Waals surface area (Å²) in [4.78, 5) is 20.9. The minimum absolute atomic E-state index is 0.443. The van der Waals surface area contributed by atoms with Crippen molar-refractivity contribution < 1.29 is 14.3 Å². The van der Waals surface area contributed by atoms with Gasteiger partial charge in [-0.1, -0.05) is 17.7 Å². The van der Waals surface area contributed by atoms with Gasteiger partial charge in [0, 0.05) is 37.0 Å². The Morgan fingerprint density at radius 1 is 1.09 bits per heavy atom. The summed E-state index contributed by atoms with van der Waals surface area (Å²) in [6, 6.07) is 7.91. The summed E-state index contributed by atoms with van der Waals surface area (Å²) in [6.45, 7) is 8.87. The number of nitrogens with two attached hydrogens (primary N) is 1. The maximum atomic E-state index is 11.2. The summed E-state index contributed by atoms with van der Waals surface area (Å²) in [6.07, 6.45) is 3.04. The highest BCUT2D eigenvalue weighted by molar-refractivity contribution is 6.02. The molecule has 2 amide bonds. The van der Waals surface area contributed by atoms with Crippen molar-refractivity contribution in [2.45, 2.75) is 27.2 Å². The lowest BCUT2D eigenvalue weighted by molar-refractivity contribution is 0.237. The fraction of sp³-hybridized carbons (Fsp3) is 0.385. The zero-order valence-electron chi connectivity index (χ0n) is 20.6. The molecule has 8 heteroatoms. The Labute approximate surface area is 201 Å². The van der Waals surface area contributed by atoms with Crippen LogP contribution < -0.4 is 20.5 Å². The molecule has 180 valence electrons. The Morgan fingerprint density at radius 3 is 2.41 bits per heavy atom. The van der Waals surface area contributed by atoms with Crippen molar-refractivity contribution in [1.29, 1.82) is 0 Å². The molecule has 0 saturated carbocycles. The number of urea groups is 1. The number of amides is 2. The highest BCUT2D eigenvalue weighted by atomic mass is 16.5. The fourth-order valence-electron chi connectivity index (χ4n) is 4.79. The molecule has 3 N–H and O–H groups in total. The Hall–Kier alpha value is -3.68. The van der Waals surface area contributed by atoms with E-state index in [0.717, 1.165) is 52.6 Å². The number of nitrogens with one attached hydrogen (secondary N) is 1. The number of primary amides is 1. The number of amidine groups is 1. The SMILES string of the molecule is COc1cc2c(cc1OC)C1=CC(=Nc3c(C)cc(C)cc3C)N(CCNC(N)=O)CN1CC2. The van der Waals surface area contributed by atoms with Crippen molar-refractivity contribution in [3.8, 4) is 11.5 Å². The first-order chi connectivity index (χ1) is 16.3. The lowest BCUT2D eigenvalue weighted by Crippen LogP contribution is -2.49. The number of fused-ring (bicyclic) bond motifs is 3. The quantitative estimate of drug-likeness (QED) is 0.684. The molecule has 0 spiro atoms. The van der Waals surface area contributed by atoms with Crippen molar-refractivity contribution >= 4 is 23.3 Å². The number of hydrogen-bond donors (Lipinski definition) is 2. The molecule has 0 saturated heterocycles. The average molecular weight is 464 g/mol. The molecule has 34 heavy (non-hydrogen) atoms. The summed E-state index contributed by atoms with van der Waals surface area (Å²) in [5.74, 6) is 2.31. The van der Waals surface area contributed by atoms with Gasteiger partial charge >= 0.3 is 6.03 Å². The van der Waals surface area contributed by atoms with E-state index in [1.807, 2.05) is 0 Å². The maximum absolute atomic E-state index is 11.2. The third-order valence-electron chi connectivity index (χ3n) is 6.35. The van der Waals surface area contributed by atoms with Crippen LogP contribution in [0.15, 0.2) is 35.3 Å². The van der Waals surface area contributed by atoms with E-state index < -0.39 is 6.03 Å². The van der Waals surface area contributed by atoms with Crippen LogP contribution in [0.3, 0.4) is 0 Å². The third kappa shape index (κ3) is 4.66. The number of carbonyl (C=O) groups is 1. The van der Waals surface area contributed by atoms with Crippen LogP contribution >= 0.6 is 0 Å². The number of methoxy groups -OCH3 is 2. The van der Waals surface area contributed by atoms with E-state index in [-0.39, 0.29) is 0 Å². The number of rotatable bonds is 6. The van der Waals surface area contributed by atoms with Crippen molar-refractivity contribution in [2.75, 3.05) is 40.5 Å². The first-order valence-corrected chi connectivity index (χ1v) is 11.5. The van der Waals surface area contributed by atoms with Gasteiger partial charge in [0.15, 0.2) is 11.5 Å². The molecule has 8 nitrogen and oxygen atoms in total. The van der Waals surface area contributed by atoms with Gasteiger partial charge in [0.2, 0.25) is 0 Å². The summed E-state index contributed by atoms with van der Waals surface area (Å²) in [5, 5.41) is 2.70. The normalized spacial score (nSPS) is 16.0. The van der Waals surface area contributed by atoms with Crippen molar-refractivity contribution in [1.82, 2.24) is 15.1 Å². The van der Waals surface area contributed by atoms with Crippen LogP contribution in [-0.2, 0) is 6.42 Å². The fourth-order valence-corrected chi connectivity index (χ4v) is 4.79. The third-order valence-corrected chi connectivity index (χ3v) is 6.35. The first-order valence-electron chi connectivity index (χ1n) is 11.5. The number of benzene rings is 2. The minimum Gasteiger partial charge on any atom is -0.493 e. The highest BCUT2D eigenvalue weighted by Gasteiger charge is 2.30. The van der Waals surface area contributed by atoms with Crippen molar-refractivity contribution in [2.24, 2.45) is 10.7 Å². The molecule has 4 rings (SSSR count). The zero-order valence-corrected chi connectivity index (χ0v) is 20.6. The number of aryl methyl sites for hydroxylation is 3. The van der Waals surface area contributed by atoms with E-state index in [4.69, 9.17) is 20.2 Å². The van der Waals surface area contributed by atoms with Gasteiger partial charge < -0.3 is 30.3 Å². The van der Waals surface area contributed by atoms with E-state index in [1.54, 1.807) is 14.2 Å². The van der Waals surface area contributed by atoms with Gasteiger partial charge in [0.1, 0.15) is 5.84 Å². The van der Waals surface area contributed by atoms with E-state index in [0.29, 0.717) is 25.5 Å². The molecule has 2 aliphatic rings. The van der Waals surface area contributed by atoms with Crippen LogP contribution in [-0.4, -0.2) is 62.2 Å². The summed E-state index contributed by atoms with van der Waals surface area (Å²) >= 11 is 0. The van der Waals surface area contributed by atoms with E-state index in [2.05, 4.69) is 66.2 Å². The molecule has 0 fully saturated rings. The molecule has 0 unspecified atom stereocenters. The van der Waals surface area contributed by atoms with E-state index >= 15 is 0 Å². The first kappa shape index (κ1) is 23.5. The van der Waals surface area contributed by atoms with Gasteiger partial charge in [-0.3, -0.25) is 0 Å². The molecule has 0 bridgehead atoms. The van der Waals surface area contributed by atoms with Gasteiger partial charge in [-0.25, -0.2) is 9.79 Å². The second kappa shape index (κ2) is 9.67. The van der Waals surface area contributed by atoms with Gasteiger partial charge in [-0.05, 0) is 56.0 Å². The van der Waals surface area contributed by atoms with Crippen molar-refractivity contribution in [3.05, 3.63) is 58.2 Å². The monoisotopic (exact) mass is 463 g/mol. The zero-order chi connectivity index (χ0) is 24.4. The second-order valence-corrected chi connectivity index (χ2v) is 8.82. The van der Waals surface area contributed by atoms with Crippen LogP contribution in [0.2, 0.25) is 0 Å². The summed E-state index contributed by atoms with van der Waals surface area (Å²) < 4.78 is 11.1. The molecule has 0 aliphatic carbocycles. The molecule has 2 aliphatic heterocycles. The highest BCUT2D eigenvalue weighted by Crippen LogP contribution is 2.39. The van der Waals surface area contributed by atoms with Crippen LogP contribution in [0.5, 0.6) is 11.5 Å². The van der Waals surface area contributed by atoms with Crippen LogP contribution in [0.25, 0.3) is 5.70 Å². The number of aliphatic imine (C=N–C) groups is 1. The van der Waals surface area contributed by atoms with Gasteiger partial charge in [0.05, 0.1) is 26.6 Å². The number of carbonyl (C=O) groups excluding carboxylic acids is 1. The average Bonchev–Trinajstić information content (AvgIpc) is 2.80. The Bertz CT molecular complexity index is 1150. The van der Waals surface area contributed by atoms with Crippen LogP contribution in [0.1, 0.15) is 27.8 Å². The lowest BCUT2D eigenvalue weighted by atomic mass is 9.94. The molecule has 2 aromatic rings. The standard InChI is InChI=1S/C26H33N5O3/c1-16-10-17(2)25(18(3)11-16)29-24-14-21-20-13-23(34-5)22(33-4)12-19(20)6-8-30(21)15-31(24)9-7-28-26(27)32/h10-14H,6-9,15H2,1-5H3,(H3,27,28,32). The summed E-state index contributed by atoms with van der Waals surface area (Å²) in [5.41, 5.74) is 13.2. The molecule has 2 aromatic carbocycles. The Morgan fingerprint density at radius 2 is 1.76 bits per heavy atom. The number of ether oxygens (including phenoxy) is 2. The Kier molecular flexibility index (Phi) is 6.68.